The molecule has 37 heavy (non-hydrogen) atoms. The maximum Gasteiger partial charge on any atom is 0.246 e. The van der Waals surface area contributed by atoms with Crippen molar-refractivity contribution in [1.29, 1.82) is 0 Å². The van der Waals surface area contributed by atoms with E-state index in [9.17, 15) is 9.59 Å². The molecular formula is C29H30N6O2. The number of carbonyl (C=O) groups is 2. The smallest absolute Gasteiger partial charge is 0.246 e. The molecule has 4 aromatic rings. The summed E-state index contributed by atoms with van der Waals surface area (Å²) in [5, 5.41) is 5.64. The van der Waals surface area contributed by atoms with E-state index in [-0.39, 0.29) is 17.7 Å². The number of aromatic nitrogens is 4. The lowest BCUT2D eigenvalue weighted by atomic mass is 10.00. The fraction of sp³-hybridized carbons (Fsp3) is 0.276. The van der Waals surface area contributed by atoms with Crippen molar-refractivity contribution in [2.45, 2.75) is 38.6 Å². The molecule has 0 aliphatic carbocycles. The summed E-state index contributed by atoms with van der Waals surface area (Å²) in [4.78, 5) is 35.3. The van der Waals surface area contributed by atoms with E-state index in [1.54, 1.807) is 4.90 Å². The number of carbonyl (C=O) groups excluding carboxylic acids is 2. The van der Waals surface area contributed by atoms with Gasteiger partial charge in [-0.3, -0.25) is 9.59 Å². The summed E-state index contributed by atoms with van der Waals surface area (Å²) in [6, 6.07) is 15.7. The van der Waals surface area contributed by atoms with Crippen molar-refractivity contribution in [1.82, 2.24) is 24.6 Å². The lowest BCUT2D eigenvalue weighted by molar-refractivity contribution is -0.127. The summed E-state index contributed by atoms with van der Waals surface area (Å²) in [5.41, 5.74) is 11.5. The van der Waals surface area contributed by atoms with E-state index >= 15 is 0 Å². The standard InChI is InChI=1S/C29H30N6O2/c1-3-25(37)34-15-5-8-23(17-34)35-29-26(28(30)31-18-32-29)27(33-35)21-12-9-20(10-13-21)11-14-24(36)22-7-4-6-19(2)16-22/h3-4,6-7,9-10,12-13,16,18,23H,1,5,8,11,14-15,17H2,2H3,(H2,30,31,32). The minimum absolute atomic E-state index is 0.0184. The number of Topliss-reactive ketones (excluding diaryl/α,β-unsaturated/α-hetero) is 1. The van der Waals surface area contributed by atoms with Gasteiger partial charge in [-0.2, -0.15) is 5.10 Å². The summed E-state index contributed by atoms with van der Waals surface area (Å²) in [7, 11) is 0. The number of nitrogens with two attached hydrogens (primary N) is 1. The fourth-order valence-electron chi connectivity index (χ4n) is 4.99. The molecule has 2 N–H and O–H groups in total. The molecule has 8 heteroatoms. The minimum atomic E-state index is -0.0769. The highest BCUT2D eigenvalue weighted by Gasteiger charge is 2.28. The molecule has 1 saturated heterocycles. The number of aryl methyl sites for hydroxylation is 2. The van der Waals surface area contributed by atoms with Gasteiger partial charge in [-0.1, -0.05) is 54.6 Å². The minimum Gasteiger partial charge on any atom is -0.383 e. The first-order valence-corrected chi connectivity index (χ1v) is 12.5. The molecule has 1 aliphatic rings. The predicted octanol–water partition coefficient (Wildman–Crippen LogP) is 4.55. The topological polar surface area (TPSA) is 107 Å². The van der Waals surface area contributed by atoms with Crippen molar-refractivity contribution in [3.05, 3.63) is 84.2 Å². The van der Waals surface area contributed by atoms with Gasteiger partial charge < -0.3 is 10.6 Å². The van der Waals surface area contributed by atoms with Crippen molar-refractivity contribution in [3.63, 3.8) is 0 Å². The zero-order chi connectivity index (χ0) is 25.9. The van der Waals surface area contributed by atoms with Crippen LogP contribution in [0.2, 0.25) is 0 Å². The van der Waals surface area contributed by atoms with Crippen molar-refractivity contribution in [3.8, 4) is 11.3 Å². The average molecular weight is 495 g/mol. The summed E-state index contributed by atoms with van der Waals surface area (Å²) in [5.74, 6) is 0.430. The lowest BCUT2D eigenvalue weighted by Gasteiger charge is -2.32. The largest absolute Gasteiger partial charge is 0.383 e. The van der Waals surface area contributed by atoms with Crippen LogP contribution in [-0.4, -0.2) is 49.4 Å². The van der Waals surface area contributed by atoms with Crippen LogP contribution in [0, 0.1) is 6.92 Å². The Balaban J connectivity index is 1.39. The van der Waals surface area contributed by atoms with E-state index < -0.39 is 0 Å². The second-order valence-corrected chi connectivity index (χ2v) is 9.52. The number of benzene rings is 2. The van der Waals surface area contributed by atoms with E-state index in [2.05, 4.69) is 16.5 Å². The van der Waals surface area contributed by atoms with Crippen LogP contribution in [-0.2, 0) is 11.2 Å². The van der Waals surface area contributed by atoms with Gasteiger partial charge in [-0.25, -0.2) is 14.6 Å². The Hall–Kier alpha value is -4.33. The first-order chi connectivity index (χ1) is 17.9. The highest BCUT2D eigenvalue weighted by Crippen LogP contribution is 2.34. The van der Waals surface area contributed by atoms with Gasteiger partial charge in [0.25, 0.3) is 0 Å². The van der Waals surface area contributed by atoms with Gasteiger partial charge in [0.2, 0.25) is 5.91 Å². The Morgan fingerprint density at radius 2 is 1.97 bits per heavy atom. The molecule has 5 rings (SSSR count). The molecule has 1 amide bonds. The normalized spacial score (nSPS) is 15.6. The van der Waals surface area contributed by atoms with Crippen LogP contribution < -0.4 is 5.73 Å². The molecule has 1 atom stereocenters. The van der Waals surface area contributed by atoms with Gasteiger partial charge in [-0.05, 0) is 43.9 Å². The number of amides is 1. The molecule has 0 radical (unpaired) electrons. The molecule has 0 bridgehead atoms. The van der Waals surface area contributed by atoms with E-state index in [1.807, 2.05) is 60.1 Å². The van der Waals surface area contributed by atoms with Gasteiger partial charge >= 0.3 is 0 Å². The number of ketones is 1. The number of piperidine rings is 1. The zero-order valence-corrected chi connectivity index (χ0v) is 20.9. The number of rotatable bonds is 7. The maximum absolute atomic E-state index is 12.6. The third-order valence-electron chi connectivity index (χ3n) is 6.95. The second kappa shape index (κ2) is 10.3. The summed E-state index contributed by atoms with van der Waals surface area (Å²) in [6.45, 7) is 6.85. The average Bonchev–Trinajstić information content (AvgIpc) is 3.32. The SMILES string of the molecule is C=CC(=O)N1CCCC(n2nc(-c3ccc(CCC(=O)c4cccc(C)c4)cc3)c3c(N)ncnc32)C1. The maximum atomic E-state index is 12.6. The molecule has 2 aromatic carbocycles. The summed E-state index contributed by atoms with van der Waals surface area (Å²) < 4.78 is 1.89. The van der Waals surface area contributed by atoms with Gasteiger partial charge in [0, 0.05) is 30.6 Å². The van der Waals surface area contributed by atoms with E-state index in [4.69, 9.17) is 10.8 Å². The number of nitrogen functional groups attached to an aromatic ring is 1. The molecule has 1 fully saturated rings. The molecule has 188 valence electrons. The fourth-order valence-corrected chi connectivity index (χ4v) is 4.99. The quantitative estimate of drug-likeness (QED) is 0.298. The highest BCUT2D eigenvalue weighted by atomic mass is 16.2. The molecule has 3 heterocycles. The molecule has 1 aliphatic heterocycles. The Bertz CT molecular complexity index is 1470. The second-order valence-electron chi connectivity index (χ2n) is 9.52. The van der Waals surface area contributed by atoms with E-state index in [0.717, 1.165) is 35.1 Å². The summed E-state index contributed by atoms with van der Waals surface area (Å²) >= 11 is 0. The first-order valence-electron chi connectivity index (χ1n) is 12.5. The third kappa shape index (κ3) is 5.00. The van der Waals surface area contributed by atoms with Crippen LogP contribution in [0.5, 0.6) is 0 Å². The van der Waals surface area contributed by atoms with Gasteiger partial charge in [0.15, 0.2) is 11.4 Å². The number of anilines is 1. The van der Waals surface area contributed by atoms with Crippen LogP contribution in [0.3, 0.4) is 0 Å². The van der Waals surface area contributed by atoms with Gasteiger partial charge in [-0.15, -0.1) is 0 Å². The number of likely N-dealkylation sites (tertiary alicyclic amines) is 1. The van der Waals surface area contributed by atoms with Crippen LogP contribution in [0.1, 0.15) is 46.8 Å². The molecule has 1 unspecified atom stereocenters. The molecular weight excluding hydrogens is 464 g/mol. The first kappa shape index (κ1) is 24.4. The molecule has 0 spiro atoms. The number of nitrogens with zero attached hydrogens (tertiary/aromatic N) is 5. The van der Waals surface area contributed by atoms with Crippen LogP contribution in [0.25, 0.3) is 22.3 Å². The van der Waals surface area contributed by atoms with Crippen molar-refractivity contribution >= 4 is 28.5 Å². The van der Waals surface area contributed by atoms with Crippen LogP contribution in [0.15, 0.2) is 67.5 Å². The number of hydrogen-bond donors (Lipinski definition) is 1. The Labute approximate surface area is 215 Å². The van der Waals surface area contributed by atoms with Crippen molar-refractivity contribution in [2.75, 3.05) is 18.8 Å². The monoisotopic (exact) mass is 494 g/mol. The van der Waals surface area contributed by atoms with Crippen LogP contribution >= 0.6 is 0 Å². The number of hydrogen-bond acceptors (Lipinski definition) is 6. The van der Waals surface area contributed by atoms with Crippen molar-refractivity contribution in [2.24, 2.45) is 0 Å². The Morgan fingerprint density at radius 3 is 2.73 bits per heavy atom. The third-order valence-corrected chi connectivity index (χ3v) is 6.95. The van der Waals surface area contributed by atoms with Crippen molar-refractivity contribution < 1.29 is 9.59 Å². The van der Waals surface area contributed by atoms with E-state index in [0.29, 0.717) is 48.5 Å². The molecule has 0 saturated carbocycles. The van der Waals surface area contributed by atoms with Gasteiger partial charge in [0.05, 0.1) is 11.4 Å². The van der Waals surface area contributed by atoms with Crippen LogP contribution in [0.4, 0.5) is 5.82 Å². The van der Waals surface area contributed by atoms with Gasteiger partial charge in [0.1, 0.15) is 17.8 Å². The summed E-state index contributed by atoms with van der Waals surface area (Å²) in [6.07, 6.45) is 5.66. The Kier molecular flexibility index (Phi) is 6.81. The molecule has 8 nitrogen and oxygen atoms in total. The zero-order valence-electron chi connectivity index (χ0n) is 20.9. The highest BCUT2D eigenvalue weighted by molar-refractivity contribution is 5.98. The lowest BCUT2D eigenvalue weighted by Crippen LogP contribution is -2.40. The van der Waals surface area contributed by atoms with E-state index in [1.165, 1.54) is 12.4 Å². The predicted molar refractivity (Wildman–Crippen MR) is 144 cm³/mol. The number of fused-ring (bicyclic) bond motifs is 1. The molecule has 2 aromatic heterocycles. The Morgan fingerprint density at radius 1 is 1.16 bits per heavy atom.